The van der Waals surface area contributed by atoms with Crippen LogP contribution in [-0.2, 0) is 10.2 Å². The van der Waals surface area contributed by atoms with Gasteiger partial charge in [-0.25, -0.2) is 0 Å². The minimum Gasteiger partial charge on any atom is -0.493 e. The van der Waals surface area contributed by atoms with Gasteiger partial charge in [-0.05, 0) is 97.2 Å². The third-order valence-electron chi connectivity index (χ3n) is 7.63. The van der Waals surface area contributed by atoms with Crippen molar-refractivity contribution < 1.29 is 19.4 Å². The average molecular weight is 434 g/mol. The summed E-state index contributed by atoms with van der Waals surface area (Å²) in [5, 5.41) is 14.0. The minimum atomic E-state index is -0.466. The number of ether oxygens (including phenoxy) is 2. The van der Waals surface area contributed by atoms with E-state index >= 15 is 0 Å². The first-order chi connectivity index (χ1) is 15.4. The molecule has 4 saturated carbocycles. The maximum absolute atomic E-state index is 12.4. The van der Waals surface area contributed by atoms with Crippen LogP contribution in [0.4, 0.5) is 5.69 Å². The Morgan fingerprint density at radius 1 is 1.00 bits per heavy atom. The molecule has 32 heavy (non-hydrogen) atoms. The van der Waals surface area contributed by atoms with Crippen LogP contribution in [-0.4, -0.2) is 30.8 Å². The number of amides is 1. The topological polar surface area (TPSA) is 67.8 Å². The number of aliphatic hydroxyl groups is 1. The molecule has 2 N–H and O–H groups in total. The molecule has 2 aromatic carbocycles. The number of anilines is 1. The SMILES string of the molecule is COc1ccc(C=CC(=O)Nc2ccc(C34CC5CC(CC(O)(C5)C3)C4)cc2)cc1OC. The highest BCUT2D eigenvalue weighted by molar-refractivity contribution is 6.01. The number of benzene rings is 2. The second-order valence-electron chi connectivity index (χ2n) is 9.98. The molecule has 2 aromatic rings. The smallest absolute Gasteiger partial charge is 0.248 e. The molecule has 4 aliphatic carbocycles. The van der Waals surface area contributed by atoms with Crippen molar-refractivity contribution in [3.8, 4) is 11.5 Å². The molecule has 0 aromatic heterocycles. The number of hydrogen-bond acceptors (Lipinski definition) is 4. The second kappa shape index (κ2) is 7.96. The molecule has 0 radical (unpaired) electrons. The molecule has 0 saturated heterocycles. The van der Waals surface area contributed by atoms with Crippen molar-refractivity contribution in [2.24, 2.45) is 11.8 Å². The van der Waals surface area contributed by atoms with Gasteiger partial charge in [0.05, 0.1) is 19.8 Å². The van der Waals surface area contributed by atoms with E-state index in [2.05, 4.69) is 17.4 Å². The van der Waals surface area contributed by atoms with Gasteiger partial charge in [-0.1, -0.05) is 18.2 Å². The molecular formula is C27H31NO4. The molecule has 0 heterocycles. The van der Waals surface area contributed by atoms with Crippen molar-refractivity contribution in [3.63, 3.8) is 0 Å². The van der Waals surface area contributed by atoms with Gasteiger partial charge < -0.3 is 19.9 Å². The molecule has 4 bridgehead atoms. The van der Waals surface area contributed by atoms with E-state index < -0.39 is 5.60 Å². The first-order valence-corrected chi connectivity index (χ1v) is 11.4. The monoisotopic (exact) mass is 433 g/mol. The van der Waals surface area contributed by atoms with Crippen LogP contribution < -0.4 is 14.8 Å². The molecule has 0 spiro atoms. The van der Waals surface area contributed by atoms with E-state index in [1.165, 1.54) is 30.9 Å². The second-order valence-corrected chi connectivity index (χ2v) is 9.98. The van der Waals surface area contributed by atoms with Crippen LogP contribution in [0.3, 0.4) is 0 Å². The minimum absolute atomic E-state index is 0.106. The Labute approximate surface area is 189 Å². The number of nitrogens with one attached hydrogen (secondary N) is 1. The fraction of sp³-hybridized carbons (Fsp3) is 0.444. The van der Waals surface area contributed by atoms with Gasteiger partial charge in [0.2, 0.25) is 5.91 Å². The lowest BCUT2D eigenvalue weighted by Gasteiger charge is -2.60. The summed E-state index contributed by atoms with van der Waals surface area (Å²) in [6.07, 6.45) is 9.76. The average Bonchev–Trinajstić information content (AvgIpc) is 2.76. The molecule has 168 valence electrons. The number of carbonyl (C=O) groups is 1. The van der Waals surface area contributed by atoms with E-state index in [9.17, 15) is 9.90 Å². The summed E-state index contributed by atoms with van der Waals surface area (Å²) in [4.78, 5) is 12.4. The highest BCUT2D eigenvalue weighted by atomic mass is 16.5. The molecule has 6 rings (SSSR count). The molecule has 5 nitrogen and oxygen atoms in total. The highest BCUT2D eigenvalue weighted by Gasteiger charge is 2.57. The van der Waals surface area contributed by atoms with Crippen LogP contribution in [0, 0.1) is 11.8 Å². The Kier molecular flexibility index (Phi) is 5.25. The van der Waals surface area contributed by atoms with Crippen LogP contribution in [0.5, 0.6) is 11.5 Å². The lowest BCUT2D eigenvalue weighted by Crippen LogP contribution is -2.57. The number of carbonyl (C=O) groups excluding carboxylic acids is 1. The molecule has 1 amide bonds. The summed E-state index contributed by atoms with van der Waals surface area (Å²) in [7, 11) is 3.18. The van der Waals surface area contributed by atoms with E-state index in [0.29, 0.717) is 23.3 Å². The normalized spacial score (nSPS) is 30.5. The van der Waals surface area contributed by atoms with E-state index in [1.54, 1.807) is 20.3 Å². The van der Waals surface area contributed by atoms with Crippen molar-refractivity contribution in [1.29, 1.82) is 0 Å². The molecule has 2 unspecified atom stereocenters. The van der Waals surface area contributed by atoms with E-state index in [1.807, 2.05) is 30.3 Å². The maximum Gasteiger partial charge on any atom is 0.248 e. The number of rotatable bonds is 6. The molecule has 4 aliphatic rings. The fourth-order valence-corrected chi connectivity index (χ4v) is 6.77. The van der Waals surface area contributed by atoms with Crippen LogP contribution in [0.1, 0.15) is 49.7 Å². The quantitative estimate of drug-likeness (QED) is 0.634. The predicted molar refractivity (Wildman–Crippen MR) is 125 cm³/mol. The summed E-state index contributed by atoms with van der Waals surface area (Å²) in [5.74, 6) is 2.40. The van der Waals surface area contributed by atoms with Gasteiger partial charge in [0.15, 0.2) is 11.5 Å². The first-order valence-electron chi connectivity index (χ1n) is 11.4. The van der Waals surface area contributed by atoms with Gasteiger partial charge in [-0.2, -0.15) is 0 Å². The van der Waals surface area contributed by atoms with Crippen LogP contribution in [0.25, 0.3) is 6.08 Å². The molecule has 2 atom stereocenters. The first kappa shape index (κ1) is 21.1. The summed E-state index contributed by atoms with van der Waals surface area (Å²) in [6, 6.07) is 13.8. The lowest BCUT2D eigenvalue weighted by molar-refractivity contribution is -0.137. The molecule has 5 heteroatoms. The summed E-state index contributed by atoms with van der Waals surface area (Å²) in [6.45, 7) is 0. The highest BCUT2D eigenvalue weighted by Crippen LogP contribution is 2.62. The summed E-state index contributed by atoms with van der Waals surface area (Å²) < 4.78 is 10.6. The Balaban J connectivity index is 1.25. The zero-order valence-corrected chi connectivity index (χ0v) is 18.8. The van der Waals surface area contributed by atoms with Gasteiger partial charge in [0, 0.05) is 11.8 Å². The van der Waals surface area contributed by atoms with E-state index in [0.717, 1.165) is 30.5 Å². The Bertz CT molecular complexity index is 1030. The maximum atomic E-state index is 12.4. The fourth-order valence-electron chi connectivity index (χ4n) is 6.77. The number of hydrogen-bond donors (Lipinski definition) is 2. The molecule has 4 fully saturated rings. The van der Waals surface area contributed by atoms with Crippen molar-refractivity contribution in [2.75, 3.05) is 19.5 Å². The summed E-state index contributed by atoms with van der Waals surface area (Å²) in [5.41, 5.74) is 2.58. The third kappa shape index (κ3) is 3.90. The van der Waals surface area contributed by atoms with Gasteiger partial charge in [-0.15, -0.1) is 0 Å². The van der Waals surface area contributed by atoms with Crippen molar-refractivity contribution >= 4 is 17.7 Å². The Morgan fingerprint density at radius 2 is 1.69 bits per heavy atom. The lowest BCUT2D eigenvalue weighted by atomic mass is 9.46. The standard InChI is InChI=1S/C27H31NO4/c1-31-23-9-3-18(12-24(23)32-2)4-10-25(29)28-22-7-5-21(6-8-22)26-13-19-11-20(14-26)16-27(30,15-19)17-26/h3-10,12,19-20,30H,11,13-17H2,1-2H3,(H,28,29). The van der Waals surface area contributed by atoms with Crippen molar-refractivity contribution in [2.45, 2.75) is 49.5 Å². The van der Waals surface area contributed by atoms with Gasteiger partial charge in [0.1, 0.15) is 0 Å². The van der Waals surface area contributed by atoms with Gasteiger partial charge >= 0.3 is 0 Å². The van der Waals surface area contributed by atoms with E-state index in [-0.39, 0.29) is 11.3 Å². The number of methoxy groups -OCH3 is 2. The Hall–Kier alpha value is -2.79. The van der Waals surface area contributed by atoms with Gasteiger partial charge in [0.25, 0.3) is 0 Å². The Morgan fingerprint density at radius 3 is 2.31 bits per heavy atom. The zero-order valence-electron chi connectivity index (χ0n) is 18.8. The van der Waals surface area contributed by atoms with Crippen LogP contribution >= 0.6 is 0 Å². The van der Waals surface area contributed by atoms with Crippen molar-refractivity contribution in [3.05, 3.63) is 59.7 Å². The molecule has 0 aliphatic heterocycles. The zero-order chi connectivity index (χ0) is 22.3. The largest absolute Gasteiger partial charge is 0.493 e. The molecular weight excluding hydrogens is 402 g/mol. The van der Waals surface area contributed by atoms with Crippen molar-refractivity contribution in [1.82, 2.24) is 0 Å². The van der Waals surface area contributed by atoms with Crippen LogP contribution in [0.15, 0.2) is 48.5 Å². The predicted octanol–water partition coefficient (Wildman–Crippen LogP) is 4.94. The van der Waals surface area contributed by atoms with Crippen LogP contribution in [0.2, 0.25) is 0 Å². The third-order valence-corrected chi connectivity index (χ3v) is 7.63. The van der Waals surface area contributed by atoms with Gasteiger partial charge in [-0.3, -0.25) is 4.79 Å². The summed E-state index contributed by atoms with van der Waals surface area (Å²) >= 11 is 0. The van der Waals surface area contributed by atoms with E-state index in [4.69, 9.17) is 9.47 Å².